The van der Waals surface area contributed by atoms with E-state index in [2.05, 4.69) is 128 Å². The molecule has 2 aliphatic rings. The van der Waals surface area contributed by atoms with Gasteiger partial charge in [-0.05, 0) is 48.5 Å². The number of carbonyl (C=O) groups is 1. The van der Waals surface area contributed by atoms with E-state index in [-0.39, 0.29) is 18.2 Å². The van der Waals surface area contributed by atoms with Crippen molar-refractivity contribution in [2.24, 2.45) is 0 Å². The average molecular weight is 536 g/mol. The van der Waals surface area contributed by atoms with Crippen LogP contribution < -0.4 is 4.90 Å². The van der Waals surface area contributed by atoms with Gasteiger partial charge in [0.15, 0.2) is 0 Å². The van der Waals surface area contributed by atoms with Crippen LogP contribution in [-0.4, -0.2) is 57.4 Å². The molecule has 5 rings (SSSR count). The highest BCUT2D eigenvalue weighted by atomic mass is 28.3. The maximum Gasteiger partial charge on any atom is 0.415 e. The molecular weight excluding hydrogens is 498 g/mol. The molecule has 1 saturated heterocycles. The number of amides is 1. The Labute approximate surface area is 233 Å². The first-order valence-corrected chi connectivity index (χ1v) is 17.0. The van der Waals surface area contributed by atoms with Crippen molar-refractivity contribution < 1.29 is 9.53 Å². The zero-order valence-electron chi connectivity index (χ0n) is 23.6. The van der Waals surface area contributed by atoms with Crippen LogP contribution in [0.1, 0.15) is 28.8 Å². The van der Waals surface area contributed by atoms with Crippen molar-refractivity contribution in [2.45, 2.75) is 43.9 Å². The van der Waals surface area contributed by atoms with Gasteiger partial charge in [0.1, 0.15) is 14.1 Å². The summed E-state index contributed by atoms with van der Waals surface area (Å²) in [6, 6.07) is 29.2. The van der Waals surface area contributed by atoms with E-state index in [9.17, 15) is 4.79 Å². The molecule has 1 fully saturated rings. The van der Waals surface area contributed by atoms with Gasteiger partial charge in [0.25, 0.3) is 0 Å². The average Bonchev–Trinajstić information content (AvgIpc) is 3.20. The second-order valence-electron chi connectivity index (χ2n) is 11.4. The van der Waals surface area contributed by atoms with Crippen molar-refractivity contribution >= 4 is 25.9 Å². The van der Waals surface area contributed by atoms with Crippen LogP contribution >= 0.6 is 0 Å². The lowest BCUT2D eigenvalue weighted by Gasteiger charge is -2.39. The number of para-hydroxylation sites is 1. The first kappa shape index (κ1) is 27.0. The van der Waals surface area contributed by atoms with Gasteiger partial charge in [-0.15, -0.1) is 5.54 Å². The number of methoxy groups -OCH3 is 1. The molecule has 0 spiro atoms. The second kappa shape index (κ2) is 10.9. The monoisotopic (exact) mass is 535 g/mol. The predicted octanol–water partition coefficient (Wildman–Crippen LogP) is 6.59. The smallest absolute Gasteiger partial charge is 0.415 e. The Hall–Kier alpha value is -3.63. The van der Waals surface area contributed by atoms with Gasteiger partial charge in [0, 0.05) is 0 Å². The molecule has 0 N–H and O–H groups in total. The summed E-state index contributed by atoms with van der Waals surface area (Å²) < 4.78 is 5.33. The summed E-state index contributed by atoms with van der Waals surface area (Å²) in [6.45, 7) is 6.69. The van der Waals surface area contributed by atoms with Gasteiger partial charge in [-0.25, -0.2) is 4.79 Å². The van der Waals surface area contributed by atoms with Crippen LogP contribution in [0.15, 0.2) is 90.5 Å². The molecule has 200 valence electrons. The number of hydrogen-bond donors (Lipinski definition) is 0. The molecule has 5 nitrogen and oxygen atoms in total. The third kappa shape index (κ3) is 5.18. The van der Waals surface area contributed by atoms with Gasteiger partial charge in [-0.3, -0.25) is 14.7 Å². The topological polar surface area (TPSA) is 36.0 Å². The molecule has 0 unspecified atom stereocenters. The Morgan fingerprint density at radius 2 is 1.31 bits per heavy atom. The van der Waals surface area contributed by atoms with Gasteiger partial charge < -0.3 is 4.74 Å². The molecule has 0 saturated carbocycles. The maximum atomic E-state index is 13.4. The quantitative estimate of drug-likeness (QED) is 0.280. The predicted molar refractivity (Wildman–Crippen MR) is 162 cm³/mol. The minimum Gasteiger partial charge on any atom is -0.452 e. The molecule has 0 aliphatic carbocycles. The van der Waals surface area contributed by atoms with Crippen molar-refractivity contribution in [3.8, 4) is 11.5 Å². The molecule has 0 radical (unpaired) electrons. The van der Waals surface area contributed by atoms with Gasteiger partial charge in [-0.2, -0.15) is 0 Å². The highest BCUT2D eigenvalue weighted by Gasteiger charge is 2.49. The van der Waals surface area contributed by atoms with E-state index in [1.54, 1.807) is 4.90 Å². The Kier molecular flexibility index (Phi) is 7.50. The highest BCUT2D eigenvalue weighted by molar-refractivity contribution is 6.83. The summed E-state index contributed by atoms with van der Waals surface area (Å²) in [4.78, 5) is 20.0. The number of nitrogens with zero attached hydrogens (tertiary/aromatic N) is 3. The van der Waals surface area contributed by atoms with Crippen LogP contribution in [0, 0.1) is 11.5 Å². The number of rotatable bonds is 3. The number of hydrogen-bond acceptors (Lipinski definition) is 4. The lowest BCUT2D eigenvalue weighted by molar-refractivity contribution is 0.173. The SMILES string of the molecule is COC(=O)N1c2ccccc2C=C(C2N(C)[C@@H](c3ccccc3)[C@H](c3ccccc3)N2C)[C@@H]1C#C[Si](C)(C)C. The molecular formula is C33H37N3O2Si. The summed E-state index contributed by atoms with van der Waals surface area (Å²) in [7, 11) is 4.08. The van der Waals surface area contributed by atoms with Crippen LogP contribution in [0.3, 0.4) is 0 Å². The lowest BCUT2D eigenvalue weighted by Crippen LogP contribution is -2.50. The molecule has 0 aromatic heterocycles. The van der Waals surface area contributed by atoms with E-state index >= 15 is 0 Å². The molecule has 3 aromatic rings. The minimum atomic E-state index is -1.74. The standard InChI is InChI=1S/C33H37N3O2Si/c1-34-30(24-15-9-7-10-16-24)31(25-17-11-8-12-18-25)35(2)32(34)27-23-26-19-13-14-20-28(26)36(33(37)38-3)29(27)21-22-39(4,5)6/h7-20,23,29-32H,1-6H3/t29-,30-,31-/m0/s1. The third-order valence-electron chi connectivity index (χ3n) is 7.58. The summed E-state index contributed by atoms with van der Waals surface area (Å²) in [5.41, 5.74) is 8.97. The second-order valence-corrected chi connectivity index (χ2v) is 16.1. The van der Waals surface area contributed by atoms with Crippen LogP contribution in [-0.2, 0) is 4.74 Å². The number of carbonyl (C=O) groups excluding carboxylic acids is 1. The first-order valence-electron chi connectivity index (χ1n) is 13.5. The summed E-state index contributed by atoms with van der Waals surface area (Å²) in [5, 5.41) is 0. The van der Waals surface area contributed by atoms with Crippen molar-refractivity contribution in [3.05, 3.63) is 107 Å². The summed E-state index contributed by atoms with van der Waals surface area (Å²) in [6.07, 6.45) is 1.75. The molecule has 3 atom stereocenters. The van der Waals surface area contributed by atoms with E-state index in [0.717, 1.165) is 16.8 Å². The largest absolute Gasteiger partial charge is 0.452 e. The number of anilines is 1. The Bertz CT molecular complexity index is 1370. The normalized spacial score (nSPS) is 22.1. The minimum absolute atomic E-state index is 0.0955. The summed E-state index contributed by atoms with van der Waals surface area (Å²) >= 11 is 0. The van der Waals surface area contributed by atoms with Crippen molar-refractivity contribution in [1.82, 2.24) is 9.80 Å². The van der Waals surface area contributed by atoms with E-state index in [0.29, 0.717) is 0 Å². The highest BCUT2D eigenvalue weighted by Crippen LogP contribution is 2.49. The van der Waals surface area contributed by atoms with E-state index in [1.807, 2.05) is 18.2 Å². The van der Waals surface area contributed by atoms with E-state index in [1.165, 1.54) is 18.2 Å². The van der Waals surface area contributed by atoms with Gasteiger partial charge in [0.2, 0.25) is 0 Å². The van der Waals surface area contributed by atoms with Crippen molar-refractivity contribution in [3.63, 3.8) is 0 Å². The zero-order chi connectivity index (χ0) is 27.7. The van der Waals surface area contributed by atoms with E-state index in [4.69, 9.17) is 4.74 Å². The van der Waals surface area contributed by atoms with Crippen LogP contribution in [0.2, 0.25) is 19.6 Å². The fraction of sp³-hybridized carbons (Fsp3) is 0.303. The molecule has 6 heteroatoms. The van der Waals surface area contributed by atoms with Gasteiger partial charge in [0.05, 0.1) is 31.0 Å². The molecule has 0 bridgehead atoms. The molecule has 39 heavy (non-hydrogen) atoms. The number of fused-ring (bicyclic) bond motifs is 1. The Morgan fingerprint density at radius 3 is 1.82 bits per heavy atom. The van der Waals surface area contributed by atoms with Crippen LogP contribution in [0.4, 0.5) is 10.5 Å². The van der Waals surface area contributed by atoms with Gasteiger partial charge in [-0.1, -0.05) is 104 Å². The van der Waals surface area contributed by atoms with Crippen molar-refractivity contribution in [2.75, 3.05) is 26.1 Å². The Balaban J connectivity index is 1.70. The molecule has 2 heterocycles. The maximum absolute atomic E-state index is 13.4. The van der Waals surface area contributed by atoms with Crippen LogP contribution in [0.5, 0.6) is 0 Å². The lowest BCUT2D eigenvalue weighted by atomic mass is 9.93. The molecule has 1 amide bonds. The molecule has 2 aliphatic heterocycles. The van der Waals surface area contributed by atoms with E-state index < -0.39 is 20.2 Å². The fourth-order valence-corrected chi connectivity index (χ4v) is 6.54. The fourth-order valence-electron chi connectivity index (χ4n) is 5.97. The number of ether oxygens (including phenoxy) is 1. The first-order chi connectivity index (χ1) is 18.7. The number of likely N-dealkylation sites (N-methyl/N-ethyl adjacent to an activating group) is 2. The molecule has 3 aromatic carbocycles. The number of benzene rings is 3. The van der Waals surface area contributed by atoms with Crippen LogP contribution in [0.25, 0.3) is 6.08 Å². The van der Waals surface area contributed by atoms with Gasteiger partial charge >= 0.3 is 6.09 Å². The zero-order valence-corrected chi connectivity index (χ0v) is 24.6. The third-order valence-corrected chi connectivity index (χ3v) is 8.47. The van der Waals surface area contributed by atoms with Crippen molar-refractivity contribution in [1.29, 1.82) is 0 Å². The Morgan fingerprint density at radius 1 is 0.795 bits per heavy atom. The summed E-state index contributed by atoms with van der Waals surface area (Å²) in [5.74, 6) is 3.56.